The van der Waals surface area contributed by atoms with Crippen LogP contribution >= 0.6 is 81.2 Å². The summed E-state index contributed by atoms with van der Waals surface area (Å²) in [6.45, 7) is 9.49. The maximum Gasteiger partial charge on any atom is 0.421 e. The summed E-state index contributed by atoms with van der Waals surface area (Å²) in [5.74, 6) is 0.985. The van der Waals surface area contributed by atoms with E-state index in [-0.39, 0.29) is 98.6 Å². The van der Waals surface area contributed by atoms with Crippen molar-refractivity contribution in [2.45, 2.75) is 128 Å². The Morgan fingerprint density at radius 2 is 0.752 bits per heavy atom. The van der Waals surface area contributed by atoms with E-state index < -0.39 is 35.8 Å². The second-order valence-electron chi connectivity index (χ2n) is 34.6. The van der Waals surface area contributed by atoms with Crippen LogP contribution in [0, 0.1) is 12.2 Å². The number of rotatable bonds is 20. The molecule has 145 heavy (non-hydrogen) atoms. The summed E-state index contributed by atoms with van der Waals surface area (Å²) in [7, 11) is 0. The summed E-state index contributed by atoms with van der Waals surface area (Å²) in [6.07, 6.45) is 5.91. The van der Waals surface area contributed by atoms with Crippen LogP contribution < -0.4 is 65.8 Å². The Morgan fingerprint density at radius 1 is 0.372 bits per heavy atom. The number of halogens is 12. The van der Waals surface area contributed by atoms with Gasteiger partial charge in [0, 0.05) is 64.2 Å². The van der Waals surface area contributed by atoms with Gasteiger partial charge in [0.25, 0.3) is 33.9 Å². The first-order valence-electron chi connectivity index (χ1n) is 45.4. The van der Waals surface area contributed by atoms with Gasteiger partial charge in [0.05, 0.1) is 101 Å². The Kier molecular flexibility index (Phi) is 27.7. The van der Waals surface area contributed by atoms with Crippen LogP contribution in [0.15, 0.2) is 237 Å². The maximum atomic E-state index is 13.8. The lowest BCUT2D eigenvalue weighted by atomic mass is 10.1. The number of nitrogen functional groups attached to an aromatic ring is 2. The highest BCUT2D eigenvalue weighted by Crippen LogP contribution is 2.44. The minimum atomic E-state index is -4.65. The van der Waals surface area contributed by atoms with Crippen LogP contribution in [0.3, 0.4) is 0 Å². The number of aromatic nitrogens is 21. The van der Waals surface area contributed by atoms with E-state index in [1.165, 1.54) is 23.4 Å². The number of imidazole rings is 3. The maximum absolute atomic E-state index is 13.8. The van der Waals surface area contributed by atoms with E-state index in [0.717, 1.165) is 88.5 Å². The van der Waals surface area contributed by atoms with Gasteiger partial charge in [-0.3, -0.25) is 33.1 Å². The first-order chi connectivity index (χ1) is 69.7. The molecule has 0 aliphatic heterocycles. The molecule has 5 atom stereocenters. The Balaban J connectivity index is 0.000000115. The summed E-state index contributed by atoms with van der Waals surface area (Å²) in [6, 6.07) is 53.8. The fourth-order valence-electron chi connectivity index (χ4n) is 17.5. The van der Waals surface area contributed by atoms with Gasteiger partial charge in [-0.05, 0) is 197 Å². The molecule has 0 spiro atoms. The first kappa shape index (κ1) is 98.5. The van der Waals surface area contributed by atoms with Crippen molar-refractivity contribution < 1.29 is 22.0 Å². The number of nitrogens with zero attached hydrogens (tertiary/aromatic N) is 18. The third kappa shape index (κ3) is 20.5. The third-order valence-corrected chi connectivity index (χ3v) is 26.7. The Hall–Kier alpha value is -15.3. The molecule has 45 heteroatoms. The minimum absolute atomic E-state index is 0.0540. The summed E-state index contributed by atoms with van der Waals surface area (Å²) in [5.41, 5.74) is 16.9. The molecule has 7 aromatic carbocycles. The number of fused-ring (bicyclic) bond motifs is 8. The van der Waals surface area contributed by atoms with Gasteiger partial charge in [0.1, 0.15) is 39.3 Å². The average molecular weight is 2100 g/mol. The lowest BCUT2D eigenvalue weighted by Gasteiger charge is -2.22. The molecular weight excluding hydrogens is 2020 g/mol. The standard InChI is InChI=1S/C22H17ClF3N5O.C21H17Cl2N5O.C19H16Cl2N6O.2C19H16ClFN6O/c1-12(29-21-28-11-15(19(27)30-21)22(24,25)26)17-10-13-6-5-9-16(23)18(13)20(32)31(17)14-7-3-2-4-8-14;1-12(26-19-16(23)11-25-21(24)27-19)17-10-13-6-5-9-15(22)18(13)20(29)28(17)14-7-3-2-4-8-14;1-9(24-17-15-16(23-8-22-15)25-19(21)26-17)13-7-10-3-2-4-12(20)14(10)18(28)27(13)11-5-6-11;1-9(24-16-15-17(23-8-22-16)26-19(21)25-15)13-7-10-3-2-4-12(20)14(10)18(28)27(13)11-5-6-11;1-9(24-17-15-16(23-8-22-15)25-19(21)26-17)13-7-10-3-2-4-12(20)14(10)18(28)27(13)11-5-6-11/h2-12H,1H3,(H3,27,28,29,30);2-12H,1H3,(H3,24,25,26,27);3*2-4,7-9,11H,5-6H2,1H3,(H2,22,23,24,25,26)/t2*12-;3*9-/m00000/s1. The van der Waals surface area contributed by atoms with Gasteiger partial charge in [-0.15, -0.1) is 0 Å². The molecule has 20 aromatic rings. The highest BCUT2D eigenvalue weighted by Gasteiger charge is 2.37. The normalized spacial score (nSPS) is 14.0. The number of para-hydroxylation sites is 2. The van der Waals surface area contributed by atoms with E-state index in [4.69, 9.17) is 92.7 Å². The molecule has 0 saturated heterocycles. The fraction of sp³-hybridized carbons (Fsp3) is 0.200. The monoisotopic (exact) mass is 2090 g/mol. The smallest absolute Gasteiger partial charge is 0.383 e. The van der Waals surface area contributed by atoms with Crippen molar-refractivity contribution >= 4 is 210 Å². The summed E-state index contributed by atoms with van der Waals surface area (Å²) in [5, 5.41) is 24.8. The minimum Gasteiger partial charge on any atom is -0.383 e. The van der Waals surface area contributed by atoms with Gasteiger partial charge in [-0.25, -0.2) is 29.9 Å². The number of alkyl halides is 3. The van der Waals surface area contributed by atoms with Gasteiger partial charge in [0.2, 0.25) is 17.2 Å². The quantitative estimate of drug-likeness (QED) is 0.0192. The molecule has 13 aromatic heterocycles. The topological polar surface area (TPSA) is 437 Å². The predicted molar refractivity (Wildman–Crippen MR) is 557 cm³/mol. The molecule has 33 nitrogen and oxygen atoms in total. The SMILES string of the molecule is C[C@H](Nc1nc(Cl)nc2nc[nH]c12)c1cc2cccc(Cl)c2c(=O)n1C1CC1.C[C@H](Nc1nc(F)nc2nc[nH]c12)c1cc2cccc(Cl)c2c(=O)n1C1CC1.C[C@H](Nc1nc(N)ncc1Cl)c1cc2cccc(Cl)c2c(=O)n1-c1ccccc1.C[C@H](Nc1ncc(C(F)(F)F)c(N)n1)c1cc2cccc(Cl)c2c(=O)n1-c1ccccc1.C[C@H](Nc1ncnc2nc(F)[nH]c12)c1cc2cccc(Cl)c2c(=O)n1C1CC1. The van der Waals surface area contributed by atoms with Crippen molar-refractivity contribution in [3.8, 4) is 11.4 Å². The number of benzene rings is 7. The molecule has 3 fully saturated rings. The van der Waals surface area contributed by atoms with Crippen LogP contribution in [-0.4, -0.2) is 103 Å². The molecule has 0 unspecified atom stereocenters. The Labute approximate surface area is 852 Å². The van der Waals surface area contributed by atoms with Crippen molar-refractivity contribution in [3.05, 3.63) is 347 Å². The van der Waals surface area contributed by atoms with E-state index in [1.807, 2.05) is 146 Å². The summed E-state index contributed by atoms with van der Waals surface area (Å²) in [4.78, 5) is 126. The Morgan fingerprint density at radius 3 is 1.17 bits per heavy atom. The van der Waals surface area contributed by atoms with E-state index in [1.54, 1.807) is 95.2 Å². The zero-order valence-corrected chi connectivity index (χ0v) is 82.1. The highest BCUT2D eigenvalue weighted by molar-refractivity contribution is 6.37. The molecule has 3 aliphatic carbocycles. The molecular formula is C100H82Cl7F5N28O5. The van der Waals surface area contributed by atoms with E-state index in [9.17, 15) is 45.9 Å². The molecule has 3 saturated carbocycles. The van der Waals surface area contributed by atoms with Gasteiger partial charge in [0.15, 0.2) is 40.2 Å². The average Bonchev–Trinajstić information content (AvgIpc) is 1.58. The van der Waals surface area contributed by atoms with Crippen LogP contribution in [0.1, 0.15) is 156 Å². The van der Waals surface area contributed by atoms with Crippen LogP contribution in [0.2, 0.25) is 35.4 Å². The van der Waals surface area contributed by atoms with E-state index in [2.05, 4.69) is 106 Å². The molecule has 23 rings (SSSR count). The van der Waals surface area contributed by atoms with Crippen molar-refractivity contribution in [2.24, 2.45) is 0 Å². The van der Waals surface area contributed by atoms with Crippen molar-refractivity contribution in [1.82, 2.24) is 103 Å². The molecule has 0 radical (unpaired) electrons. The predicted octanol–water partition coefficient (Wildman–Crippen LogP) is 22.5. The number of anilines is 7. The summed E-state index contributed by atoms with van der Waals surface area (Å²) < 4.78 is 74.7. The van der Waals surface area contributed by atoms with Crippen LogP contribution in [0.5, 0.6) is 0 Å². The molecule has 3 aliphatic rings. The van der Waals surface area contributed by atoms with Crippen LogP contribution in [0.4, 0.5) is 62.9 Å². The molecule has 0 bridgehead atoms. The van der Waals surface area contributed by atoms with Crippen molar-refractivity contribution in [3.63, 3.8) is 0 Å². The number of H-pyrrole nitrogens is 3. The number of nitrogens with one attached hydrogen (secondary N) is 8. The zero-order chi connectivity index (χ0) is 102. The van der Waals surface area contributed by atoms with Crippen molar-refractivity contribution in [2.75, 3.05) is 38.1 Å². The van der Waals surface area contributed by atoms with Crippen molar-refractivity contribution in [1.29, 1.82) is 0 Å². The lowest BCUT2D eigenvalue weighted by Crippen LogP contribution is -2.26. The largest absolute Gasteiger partial charge is 0.421 e. The Bertz CT molecular complexity index is 8590. The van der Waals surface area contributed by atoms with Gasteiger partial charge in [-0.1, -0.05) is 167 Å². The van der Waals surface area contributed by atoms with Crippen LogP contribution in [-0.2, 0) is 6.18 Å². The van der Waals surface area contributed by atoms with Gasteiger partial charge < -0.3 is 66.7 Å². The number of pyridine rings is 5. The first-order valence-corrected chi connectivity index (χ1v) is 48.0. The number of hydrogen-bond acceptors (Lipinski definition) is 25. The highest BCUT2D eigenvalue weighted by atomic mass is 35.5. The van der Waals surface area contributed by atoms with E-state index >= 15 is 0 Å². The molecule has 12 N–H and O–H groups in total. The van der Waals surface area contributed by atoms with E-state index in [0.29, 0.717) is 126 Å². The second kappa shape index (κ2) is 40.8. The van der Waals surface area contributed by atoms with Gasteiger partial charge >= 0.3 is 12.3 Å². The molecule has 13 heterocycles. The van der Waals surface area contributed by atoms with Gasteiger partial charge in [-0.2, -0.15) is 56.8 Å². The number of nitrogens with two attached hydrogens (primary N) is 2. The lowest BCUT2D eigenvalue weighted by molar-refractivity contribution is -0.137. The summed E-state index contributed by atoms with van der Waals surface area (Å²) >= 11 is 43.8. The fourth-order valence-corrected chi connectivity index (χ4v) is 19.1. The number of aromatic amines is 3. The van der Waals surface area contributed by atoms with Crippen LogP contribution in [0.25, 0.3) is 98.7 Å². The zero-order valence-electron chi connectivity index (χ0n) is 76.9. The molecule has 0 amide bonds. The second-order valence-corrected chi connectivity index (χ2v) is 37.4. The molecule has 736 valence electrons. The number of hydrogen-bond donors (Lipinski definition) is 10. The third-order valence-electron chi connectivity index (χ3n) is 24.6.